The minimum Gasteiger partial charge on any atom is -0.398 e. The molecule has 4 N–H and O–H groups in total. The first-order valence-electron chi connectivity index (χ1n) is 6.22. The van der Waals surface area contributed by atoms with Gasteiger partial charge in [-0.25, -0.2) is 0 Å². The number of hydrogen-bond acceptors (Lipinski definition) is 2. The van der Waals surface area contributed by atoms with Crippen LogP contribution in [-0.4, -0.2) is 0 Å². The Morgan fingerprint density at radius 1 is 0.778 bits per heavy atom. The number of anilines is 2. The lowest BCUT2D eigenvalue weighted by Gasteiger charge is -2.21. The summed E-state index contributed by atoms with van der Waals surface area (Å²) in [5.74, 6) is 0.215. The average molecular weight is 240 g/mol. The van der Waals surface area contributed by atoms with E-state index in [2.05, 4.69) is 32.9 Å². The Labute approximate surface area is 109 Å². The van der Waals surface area contributed by atoms with Gasteiger partial charge in [0, 0.05) is 17.3 Å². The lowest BCUT2D eigenvalue weighted by atomic mass is 9.85. The van der Waals surface area contributed by atoms with E-state index >= 15 is 0 Å². The third-order valence-corrected chi connectivity index (χ3v) is 3.58. The van der Waals surface area contributed by atoms with Gasteiger partial charge in [-0.05, 0) is 48.2 Å². The maximum Gasteiger partial charge on any atom is 0.0355 e. The summed E-state index contributed by atoms with van der Waals surface area (Å²) in [6, 6.07) is 12.1. The molecular weight excluding hydrogens is 220 g/mol. The van der Waals surface area contributed by atoms with Crippen LogP contribution < -0.4 is 11.5 Å². The normalized spacial score (nSPS) is 10.9. The van der Waals surface area contributed by atoms with E-state index in [4.69, 9.17) is 11.5 Å². The van der Waals surface area contributed by atoms with Gasteiger partial charge in [0.2, 0.25) is 0 Å². The van der Waals surface area contributed by atoms with E-state index in [1.54, 1.807) is 0 Å². The quantitative estimate of drug-likeness (QED) is 0.788. The Hall–Kier alpha value is -1.96. The highest BCUT2D eigenvalue weighted by molar-refractivity contribution is 5.61. The van der Waals surface area contributed by atoms with Crippen molar-refractivity contribution in [3.63, 3.8) is 0 Å². The van der Waals surface area contributed by atoms with Crippen molar-refractivity contribution in [2.45, 2.75) is 26.7 Å². The zero-order valence-corrected chi connectivity index (χ0v) is 11.2. The molecule has 2 nitrogen and oxygen atoms in total. The van der Waals surface area contributed by atoms with Crippen molar-refractivity contribution >= 4 is 11.4 Å². The van der Waals surface area contributed by atoms with Gasteiger partial charge in [0.15, 0.2) is 0 Å². The number of nitrogens with two attached hydrogens (primary N) is 2. The van der Waals surface area contributed by atoms with E-state index in [9.17, 15) is 0 Å². The highest BCUT2D eigenvalue weighted by atomic mass is 14.6. The van der Waals surface area contributed by atoms with Crippen LogP contribution in [0.2, 0.25) is 0 Å². The third kappa shape index (κ3) is 2.06. The van der Waals surface area contributed by atoms with Crippen LogP contribution in [0.1, 0.15) is 35.1 Å². The first kappa shape index (κ1) is 12.5. The SMILES string of the molecule is Cc1cccc(N)c1C(C)c1c(C)cccc1N. The van der Waals surface area contributed by atoms with Crippen LogP contribution in [-0.2, 0) is 0 Å². The Morgan fingerprint density at radius 2 is 1.17 bits per heavy atom. The molecule has 0 unspecified atom stereocenters. The maximum absolute atomic E-state index is 6.12. The fourth-order valence-electron chi connectivity index (χ4n) is 2.73. The molecule has 2 heteroatoms. The Kier molecular flexibility index (Phi) is 3.28. The molecule has 0 aliphatic carbocycles. The summed E-state index contributed by atoms with van der Waals surface area (Å²) in [7, 11) is 0. The van der Waals surface area contributed by atoms with Crippen LogP contribution in [0.15, 0.2) is 36.4 Å². The lowest BCUT2D eigenvalue weighted by Crippen LogP contribution is -2.07. The minimum absolute atomic E-state index is 0.215. The lowest BCUT2D eigenvalue weighted by molar-refractivity contribution is 0.906. The number of nitrogen functional groups attached to an aromatic ring is 2. The van der Waals surface area contributed by atoms with Gasteiger partial charge in [-0.15, -0.1) is 0 Å². The van der Waals surface area contributed by atoms with Crippen LogP contribution in [0.4, 0.5) is 11.4 Å². The molecule has 0 heterocycles. The third-order valence-electron chi connectivity index (χ3n) is 3.58. The summed E-state index contributed by atoms with van der Waals surface area (Å²) >= 11 is 0. The van der Waals surface area contributed by atoms with E-state index in [1.165, 1.54) is 22.3 Å². The highest BCUT2D eigenvalue weighted by Crippen LogP contribution is 2.35. The Bertz CT molecular complexity index is 481. The van der Waals surface area contributed by atoms with Gasteiger partial charge < -0.3 is 11.5 Å². The van der Waals surface area contributed by atoms with Gasteiger partial charge >= 0.3 is 0 Å². The van der Waals surface area contributed by atoms with Crippen LogP contribution >= 0.6 is 0 Å². The smallest absolute Gasteiger partial charge is 0.0355 e. The number of rotatable bonds is 2. The second kappa shape index (κ2) is 4.73. The summed E-state index contributed by atoms with van der Waals surface area (Å²) in [5.41, 5.74) is 18.7. The van der Waals surface area contributed by atoms with Crippen molar-refractivity contribution in [3.8, 4) is 0 Å². The standard InChI is InChI=1S/C16H20N2/c1-10-6-4-8-13(17)15(10)12(3)16-11(2)7-5-9-14(16)18/h4-9,12H,17-18H2,1-3H3. The molecule has 0 amide bonds. The number of benzene rings is 2. The first-order valence-corrected chi connectivity index (χ1v) is 6.22. The van der Waals surface area contributed by atoms with E-state index in [0.29, 0.717) is 0 Å². The summed E-state index contributed by atoms with van der Waals surface area (Å²) in [6.07, 6.45) is 0. The summed E-state index contributed by atoms with van der Waals surface area (Å²) < 4.78 is 0. The van der Waals surface area contributed by atoms with Crippen molar-refractivity contribution < 1.29 is 0 Å². The van der Waals surface area contributed by atoms with E-state index in [1.807, 2.05) is 24.3 Å². The fraction of sp³-hybridized carbons (Fsp3) is 0.250. The second-order valence-electron chi connectivity index (χ2n) is 4.88. The van der Waals surface area contributed by atoms with E-state index in [0.717, 1.165) is 11.4 Å². The number of hydrogen-bond donors (Lipinski definition) is 2. The predicted molar refractivity (Wildman–Crippen MR) is 78.7 cm³/mol. The molecule has 0 fully saturated rings. The highest BCUT2D eigenvalue weighted by Gasteiger charge is 2.17. The van der Waals surface area contributed by atoms with Crippen LogP contribution in [0, 0.1) is 13.8 Å². The average Bonchev–Trinajstić information content (AvgIpc) is 2.28. The van der Waals surface area contributed by atoms with Crippen LogP contribution in [0.25, 0.3) is 0 Å². The molecule has 0 aromatic heterocycles. The molecule has 2 aromatic carbocycles. The summed E-state index contributed by atoms with van der Waals surface area (Å²) in [5, 5.41) is 0. The fourth-order valence-corrected chi connectivity index (χ4v) is 2.73. The summed E-state index contributed by atoms with van der Waals surface area (Å²) in [6.45, 7) is 6.35. The molecule has 0 saturated carbocycles. The predicted octanol–water partition coefficient (Wildman–Crippen LogP) is 3.62. The molecule has 0 bridgehead atoms. The molecule has 0 aliphatic rings. The molecule has 2 rings (SSSR count). The zero-order chi connectivity index (χ0) is 13.3. The van der Waals surface area contributed by atoms with Crippen molar-refractivity contribution in [1.29, 1.82) is 0 Å². The van der Waals surface area contributed by atoms with Crippen LogP contribution in [0.5, 0.6) is 0 Å². The van der Waals surface area contributed by atoms with Gasteiger partial charge in [-0.2, -0.15) is 0 Å². The number of aryl methyl sites for hydroxylation is 2. The molecule has 94 valence electrons. The van der Waals surface area contributed by atoms with Gasteiger partial charge in [-0.3, -0.25) is 0 Å². The monoisotopic (exact) mass is 240 g/mol. The zero-order valence-electron chi connectivity index (χ0n) is 11.2. The van der Waals surface area contributed by atoms with Gasteiger partial charge in [-0.1, -0.05) is 31.2 Å². The van der Waals surface area contributed by atoms with Gasteiger partial charge in [0.05, 0.1) is 0 Å². The molecular formula is C16H20N2. The molecule has 0 spiro atoms. The Morgan fingerprint density at radius 3 is 1.50 bits per heavy atom. The largest absolute Gasteiger partial charge is 0.398 e. The molecule has 18 heavy (non-hydrogen) atoms. The van der Waals surface area contributed by atoms with Crippen molar-refractivity contribution in [3.05, 3.63) is 58.7 Å². The topological polar surface area (TPSA) is 52.0 Å². The molecule has 0 saturated heterocycles. The maximum atomic E-state index is 6.12. The van der Waals surface area contributed by atoms with Crippen molar-refractivity contribution in [1.82, 2.24) is 0 Å². The van der Waals surface area contributed by atoms with Gasteiger partial charge in [0.25, 0.3) is 0 Å². The first-order chi connectivity index (χ1) is 8.52. The van der Waals surface area contributed by atoms with Gasteiger partial charge in [0.1, 0.15) is 0 Å². The molecule has 0 aliphatic heterocycles. The van der Waals surface area contributed by atoms with Crippen molar-refractivity contribution in [2.75, 3.05) is 11.5 Å². The Balaban J connectivity index is 2.58. The van der Waals surface area contributed by atoms with Crippen molar-refractivity contribution in [2.24, 2.45) is 0 Å². The van der Waals surface area contributed by atoms with Crippen LogP contribution in [0.3, 0.4) is 0 Å². The molecule has 0 radical (unpaired) electrons. The molecule has 2 aromatic rings. The summed E-state index contributed by atoms with van der Waals surface area (Å²) in [4.78, 5) is 0. The molecule has 0 atom stereocenters. The van der Waals surface area contributed by atoms with E-state index in [-0.39, 0.29) is 5.92 Å². The van der Waals surface area contributed by atoms with E-state index < -0.39 is 0 Å². The minimum atomic E-state index is 0.215. The second-order valence-corrected chi connectivity index (χ2v) is 4.88.